The minimum absolute atomic E-state index is 0.221. The minimum Gasteiger partial charge on any atom is -0.459 e. The molecule has 0 saturated carbocycles. The van der Waals surface area contributed by atoms with E-state index in [9.17, 15) is 0 Å². The van der Waals surface area contributed by atoms with Crippen molar-refractivity contribution in [1.29, 1.82) is 0 Å². The van der Waals surface area contributed by atoms with Gasteiger partial charge in [-0.15, -0.1) is 0 Å². The second-order valence-corrected chi connectivity index (χ2v) is 4.09. The maximum atomic E-state index is 5.77. The van der Waals surface area contributed by atoms with Crippen molar-refractivity contribution in [3.05, 3.63) is 34.5 Å². The van der Waals surface area contributed by atoms with Crippen LogP contribution in [0, 0.1) is 0 Å². The van der Waals surface area contributed by atoms with Gasteiger partial charge >= 0.3 is 0 Å². The molecule has 0 unspecified atom stereocenters. The molecule has 0 fully saturated rings. The van der Waals surface area contributed by atoms with E-state index in [4.69, 9.17) is 15.9 Å². The molecule has 14 heavy (non-hydrogen) atoms. The van der Waals surface area contributed by atoms with Crippen LogP contribution in [0.5, 0.6) is 0 Å². The first-order valence-corrected chi connectivity index (χ1v) is 5.14. The van der Waals surface area contributed by atoms with Crippen molar-refractivity contribution in [1.82, 2.24) is 0 Å². The summed E-state index contributed by atoms with van der Waals surface area (Å²) in [5.74, 6) is 0.737. The molecule has 3 nitrogen and oxygen atoms in total. The number of halogens is 1. The van der Waals surface area contributed by atoms with E-state index in [-0.39, 0.29) is 6.04 Å². The molecule has 74 valence electrons. The lowest BCUT2D eigenvalue weighted by Gasteiger charge is -2.02. The van der Waals surface area contributed by atoms with Crippen LogP contribution < -0.4 is 11.5 Å². The molecule has 1 atom stereocenters. The van der Waals surface area contributed by atoms with Crippen LogP contribution in [0.4, 0.5) is 0 Å². The maximum Gasteiger partial charge on any atom is 0.134 e. The summed E-state index contributed by atoms with van der Waals surface area (Å²) in [5.41, 5.74) is 12.1. The minimum atomic E-state index is -0.221. The fourth-order valence-corrected chi connectivity index (χ4v) is 1.71. The van der Waals surface area contributed by atoms with E-state index >= 15 is 0 Å². The number of benzene rings is 1. The monoisotopic (exact) mass is 254 g/mol. The fraction of sp³-hybridized carbons (Fsp3) is 0.200. The van der Waals surface area contributed by atoms with Gasteiger partial charge in [0.1, 0.15) is 11.3 Å². The lowest BCUT2D eigenvalue weighted by Crippen LogP contribution is -2.19. The quantitative estimate of drug-likeness (QED) is 0.864. The third-order valence-corrected chi connectivity index (χ3v) is 2.61. The smallest absolute Gasteiger partial charge is 0.134 e. The highest BCUT2D eigenvalue weighted by atomic mass is 79.9. The maximum absolute atomic E-state index is 5.77. The van der Waals surface area contributed by atoms with Crippen LogP contribution in [0.1, 0.15) is 11.8 Å². The van der Waals surface area contributed by atoms with E-state index in [1.807, 2.05) is 24.3 Å². The zero-order valence-corrected chi connectivity index (χ0v) is 9.12. The van der Waals surface area contributed by atoms with Crippen molar-refractivity contribution in [3.8, 4) is 0 Å². The lowest BCUT2D eigenvalue weighted by molar-refractivity contribution is 0.500. The van der Waals surface area contributed by atoms with Crippen molar-refractivity contribution in [2.75, 3.05) is 6.54 Å². The molecule has 2 aromatic rings. The van der Waals surface area contributed by atoms with Crippen molar-refractivity contribution < 1.29 is 4.42 Å². The van der Waals surface area contributed by atoms with Crippen LogP contribution in [-0.2, 0) is 0 Å². The molecule has 1 aromatic heterocycles. The number of hydrogen-bond donors (Lipinski definition) is 2. The Morgan fingerprint density at radius 2 is 2.14 bits per heavy atom. The van der Waals surface area contributed by atoms with Gasteiger partial charge in [-0.3, -0.25) is 0 Å². The molecule has 0 aliphatic heterocycles. The SMILES string of the molecule is NC[C@@H](N)c1cc2cc(Br)ccc2o1. The first-order valence-electron chi connectivity index (χ1n) is 4.35. The van der Waals surface area contributed by atoms with Gasteiger partial charge in [-0.25, -0.2) is 0 Å². The Hall–Kier alpha value is -0.840. The highest BCUT2D eigenvalue weighted by Gasteiger charge is 2.09. The van der Waals surface area contributed by atoms with Crippen LogP contribution in [0.25, 0.3) is 11.0 Å². The summed E-state index contributed by atoms with van der Waals surface area (Å²) < 4.78 is 6.58. The molecule has 1 heterocycles. The van der Waals surface area contributed by atoms with Gasteiger partial charge < -0.3 is 15.9 Å². The number of nitrogens with two attached hydrogens (primary N) is 2. The fourth-order valence-electron chi connectivity index (χ4n) is 1.33. The van der Waals surface area contributed by atoms with E-state index < -0.39 is 0 Å². The predicted octanol–water partition coefficient (Wildman–Crippen LogP) is 2.15. The largest absolute Gasteiger partial charge is 0.459 e. The van der Waals surface area contributed by atoms with Crippen molar-refractivity contribution >= 4 is 26.9 Å². The van der Waals surface area contributed by atoms with Crippen LogP contribution in [-0.4, -0.2) is 6.54 Å². The molecular weight excluding hydrogens is 244 g/mol. The molecule has 0 amide bonds. The molecular formula is C10H11BrN2O. The summed E-state index contributed by atoms with van der Waals surface area (Å²) in [6.07, 6.45) is 0. The molecule has 0 radical (unpaired) electrons. The van der Waals surface area contributed by atoms with Gasteiger partial charge in [0.05, 0.1) is 6.04 Å². The Balaban J connectivity index is 2.51. The van der Waals surface area contributed by atoms with E-state index in [1.54, 1.807) is 0 Å². The zero-order chi connectivity index (χ0) is 10.1. The molecule has 0 aliphatic rings. The highest BCUT2D eigenvalue weighted by Crippen LogP contribution is 2.25. The number of rotatable bonds is 2. The number of fused-ring (bicyclic) bond motifs is 1. The van der Waals surface area contributed by atoms with Crippen molar-refractivity contribution in [2.45, 2.75) is 6.04 Å². The van der Waals surface area contributed by atoms with Gasteiger partial charge in [-0.05, 0) is 24.3 Å². The van der Waals surface area contributed by atoms with Crippen LogP contribution in [0.2, 0.25) is 0 Å². The van der Waals surface area contributed by atoms with Crippen molar-refractivity contribution in [2.24, 2.45) is 11.5 Å². The molecule has 4 N–H and O–H groups in total. The molecule has 0 aliphatic carbocycles. The summed E-state index contributed by atoms with van der Waals surface area (Å²) in [6.45, 7) is 0.390. The first-order chi connectivity index (χ1) is 6.70. The van der Waals surface area contributed by atoms with E-state index in [2.05, 4.69) is 15.9 Å². The first kappa shape index (κ1) is 9.71. The van der Waals surface area contributed by atoms with Gasteiger partial charge in [-0.2, -0.15) is 0 Å². The normalized spacial score (nSPS) is 13.4. The summed E-state index contributed by atoms with van der Waals surface area (Å²) in [7, 11) is 0. The Morgan fingerprint density at radius 3 is 2.86 bits per heavy atom. The van der Waals surface area contributed by atoms with Crippen LogP contribution in [0.15, 0.2) is 33.2 Å². The molecule has 0 saturated heterocycles. The van der Waals surface area contributed by atoms with Gasteiger partial charge in [0, 0.05) is 16.4 Å². The third-order valence-electron chi connectivity index (χ3n) is 2.12. The zero-order valence-electron chi connectivity index (χ0n) is 7.53. The predicted molar refractivity (Wildman–Crippen MR) is 59.9 cm³/mol. The summed E-state index contributed by atoms with van der Waals surface area (Å²) in [4.78, 5) is 0. The highest BCUT2D eigenvalue weighted by molar-refractivity contribution is 9.10. The summed E-state index contributed by atoms with van der Waals surface area (Å²) in [5, 5.41) is 1.04. The second kappa shape index (κ2) is 3.73. The average Bonchev–Trinajstić information content (AvgIpc) is 2.59. The number of furan rings is 1. The Morgan fingerprint density at radius 1 is 1.36 bits per heavy atom. The molecule has 0 spiro atoms. The number of hydrogen-bond acceptors (Lipinski definition) is 3. The van der Waals surface area contributed by atoms with Crippen molar-refractivity contribution in [3.63, 3.8) is 0 Å². The third kappa shape index (κ3) is 1.68. The summed E-state index contributed by atoms with van der Waals surface area (Å²) >= 11 is 3.40. The summed E-state index contributed by atoms with van der Waals surface area (Å²) in [6, 6.07) is 7.54. The van der Waals surface area contributed by atoms with Gasteiger partial charge in [0.15, 0.2) is 0 Å². The van der Waals surface area contributed by atoms with Gasteiger partial charge in [-0.1, -0.05) is 15.9 Å². The second-order valence-electron chi connectivity index (χ2n) is 3.17. The molecule has 0 bridgehead atoms. The standard InChI is InChI=1S/C10H11BrN2O/c11-7-1-2-9-6(3-7)4-10(14-9)8(13)5-12/h1-4,8H,5,12-13H2/t8-/m1/s1. The van der Waals surface area contributed by atoms with E-state index in [0.717, 1.165) is 21.2 Å². The van der Waals surface area contributed by atoms with Gasteiger partial charge in [0.25, 0.3) is 0 Å². The molecule has 4 heteroatoms. The molecule has 1 aromatic carbocycles. The Labute approximate surface area is 90.2 Å². The van der Waals surface area contributed by atoms with E-state index in [1.165, 1.54) is 0 Å². The molecule has 2 rings (SSSR count). The average molecular weight is 255 g/mol. The van der Waals surface area contributed by atoms with Gasteiger partial charge in [0.2, 0.25) is 0 Å². The van der Waals surface area contributed by atoms with E-state index in [0.29, 0.717) is 6.54 Å². The Bertz CT molecular complexity index is 452. The van der Waals surface area contributed by atoms with Crippen LogP contribution in [0.3, 0.4) is 0 Å². The van der Waals surface area contributed by atoms with Crippen LogP contribution >= 0.6 is 15.9 Å². The Kier molecular flexibility index (Phi) is 2.58. The topological polar surface area (TPSA) is 65.2 Å². The lowest BCUT2D eigenvalue weighted by atomic mass is 10.2.